The fourth-order valence-corrected chi connectivity index (χ4v) is 3.78. The smallest absolute Gasteiger partial charge is 0.298 e. The molecule has 0 atom stereocenters. The number of carbonyl (C=O) groups is 2. The zero-order chi connectivity index (χ0) is 21.0. The Kier molecular flexibility index (Phi) is 6.56. The number of amides is 1. The molecule has 0 saturated heterocycles. The quantitative estimate of drug-likeness (QED) is 0.347. The molecule has 0 radical (unpaired) electrons. The highest BCUT2D eigenvalue weighted by Crippen LogP contribution is 2.22. The zero-order valence-electron chi connectivity index (χ0n) is 17.0. The summed E-state index contributed by atoms with van der Waals surface area (Å²) < 4.78 is 7.26. The molecule has 0 saturated carbocycles. The van der Waals surface area contributed by atoms with Crippen LogP contribution < -0.4 is 5.32 Å². The Hall–Kier alpha value is -2.84. The number of carbonyl (C=O) groups excluding carboxylic acids is 2. The minimum Gasteiger partial charge on any atom is -0.381 e. The first-order valence-corrected chi connectivity index (χ1v) is 10.2. The fraction of sp³-hybridized carbons (Fsp3) is 0.333. The van der Waals surface area contributed by atoms with Crippen LogP contribution in [0.4, 0.5) is 5.13 Å². The number of hydrogen-bond acceptors (Lipinski definition) is 6. The summed E-state index contributed by atoms with van der Waals surface area (Å²) >= 11 is 1.24. The summed E-state index contributed by atoms with van der Waals surface area (Å²) in [7, 11) is 0. The van der Waals surface area contributed by atoms with Gasteiger partial charge >= 0.3 is 0 Å². The number of benzene rings is 1. The van der Waals surface area contributed by atoms with E-state index in [-0.39, 0.29) is 0 Å². The molecule has 1 aromatic carbocycles. The van der Waals surface area contributed by atoms with Crippen molar-refractivity contribution in [1.29, 1.82) is 0 Å². The lowest BCUT2D eigenvalue weighted by Crippen LogP contribution is -2.23. The first-order valence-electron chi connectivity index (χ1n) is 9.42. The monoisotopic (exact) mass is 412 g/mol. The van der Waals surface area contributed by atoms with Gasteiger partial charge in [-0.15, -0.1) is 10.2 Å². The molecule has 1 amide bonds. The Bertz CT molecular complexity index is 1020. The predicted molar refractivity (Wildman–Crippen MR) is 113 cm³/mol. The average Bonchev–Trinajstić information content (AvgIpc) is 3.26. The van der Waals surface area contributed by atoms with E-state index in [1.807, 2.05) is 56.5 Å². The van der Waals surface area contributed by atoms with Crippen LogP contribution in [0.5, 0.6) is 0 Å². The molecule has 3 rings (SSSR count). The first-order chi connectivity index (χ1) is 13.9. The van der Waals surface area contributed by atoms with E-state index in [1.54, 1.807) is 6.07 Å². The van der Waals surface area contributed by atoms with Crippen molar-refractivity contribution in [2.75, 3.05) is 18.5 Å². The van der Waals surface area contributed by atoms with Crippen LogP contribution in [0, 0.1) is 20.8 Å². The number of Topliss-reactive ketones (excluding diaryl/α,β-unsaturated/α-hetero) is 1. The van der Waals surface area contributed by atoms with Gasteiger partial charge in [0.05, 0.1) is 6.61 Å². The van der Waals surface area contributed by atoms with Gasteiger partial charge in [-0.25, -0.2) is 0 Å². The molecule has 0 aliphatic heterocycles. The van der Waals surface area contributed by atoms with E-state index in [2.05, 4.69) is 15.5 Å². The Balaban J connectivity index is 1.74. The second kappa shape index (κ2) is 9.11. The van der Waals surface area contributed by atoms with E-state index in [9.17, 15) is 9.59 Å². The van der Waals surface area contributed by atoms with Crippen LogP contribution in [0.15, 0.2) is 30.3 Å². The Morgan fingerprint density at radius 3 is 2.55 bits per heavy atom. The maximum absolute atomic E-state index is 12.7. The van der Waals surface area contributed by atoms with Gasteiger partial charge in [-0.3, -0.25) is 14.9 Å². The molecule has 2 heterocycles. The molecule has 1 N–H and O–H groups in total. The van der Waals surface area contributed by atoms with Gasteiger partial charge in [0, 0.05) is 35.7 Å². The second-order valence-corrected chi connectivity index (χ2v) is 7.75. The maximum atomic E-state index is 12.7. The average molecular weight is 413 g/mol. The summed E-state index contributed by atoms with van der Waals surface area (Å²) in [6.45, 7) is 8.88. The van der Waals surface area contributed by atoms with Crippen LogP contribution in [0.3, 0.4) is 0 Å². The van der Waals surface area contributed by atoms with E-state index in [0.717, 1.165) is 27.6 Å². The van der Waals surface area contributed by atoms with Crippen LogP contribution >= 0.6 is 11.3 Å². The van der Waals surface area contributed by atoms with E-state index in [4.69, 9.17) is 4.74 Å². The number of aromatic nitrogens is 3. The van der Waals surface area contributed by atoms with Crippen LogP contribution in [0.2, 0.25) is 0 Å². The van der Waals surface area contributed by atoms with Gasteiger partial charge in [-0.2, -0.15) is 0 Å². The van der Waals surface area contributed by atoms with Gasteiger partial charge in [0.25, 0.3) is 11.7 Å². The highest BCUT2D eigenvalue weighted by molar-refractivity contribution is 7.15. The molecule has 3 aromatic rings. The number of ether oxygens (including phenoxy) is 1. The Labute approximate surface area is 173 Å². The molecule has 0 fully saturated rings. The SMILES string of the molecule is CCOCCc1nnc(NC(=O)C(=O)c2cc(C)n(-c3ccc(C)cc3)c2C)s1. The van der Waals surface area contributed by atoms with Gasteiger partial charge in [0.2, 0.25) is 5.13 Å². The molecule has 29 heavy (non-hydrogen) atoms. The van der Waals surface area contributed by atoms with Crippen LogP contribution in [0.1, 0.15) is 39.2 Å². The summed E-state index contributed by atoms with van der Waals surface area (Å²) in [6, 6.07) is 9.76. The van der Waals surface area contributed by atoms with Gasteiger partial charge in [-0.05, 0) is 45.9 Å². The lowest BCUT2D eigenvalue weighted by Gasteiger charge is -2.10. The van der Waals surface area contributed by atoms with Gasteiger partial charge in [0.15, 0.2) is 0 Å². The standard InChI is InChI=1S/C21H24N4O3S/c1-5-28-11-10-18-23-24-21(29-18)22-20(27)19(26)17-12-14(3)25(15(17)4)16-8-6-13(2)7-9-16/h6-9,12H,5,10-11H2,1-4H3,(H,22,24,27). The second-order valence-electron chi connectivity index (χ2n) is 6.69. The molecule has 0 bridgehead atoms. The lowest BCUT2D eigenvalue weighted by molar-refractivity contribution is -0.112. The number of aryl methyl sites for hydroxylation is 2. The molecule has 0 spiro atoms. The number of ketones is 1. The number of nitrogens with one attached hydrogen (secondary N) is 1. The van der Waals surface area contributed by atoms with E-state index >= 15 is 0 Å². The van der Waals surface area contributed by atoms with Crippen LogP contribution in [-0.4, -0.2) is 39.7 Å². The van der Waals surface area contributed by atoms with E-state index in [1.165, 1.54) is 11.3 Å². The fourth-order valence-electron chi connectivity index (χ4n) is 3.07. The topological polar surface area (TPSA) is 86.1 Å². The van der Waals surface area contributed by atoms with Crippen molar-refractivity contribution < 1.29 is 14.3 Å². The van der Waals surface area contributed by atoms with Crippen molar-refractivity contribution in [2.45, 2.75) is 34.1 Å². The number of hydrogen-bond donors (Lipinski definition) is 1. The van der Waals surface area contributed by atoms with Crippen LogP contribution in [-0.2, 0) is 16.0 Å². The van der Waals surface area contributed by atoms with Crippen molar-refractivity contribution in [3.8, 4) is 5.69 Å². The largest absolute Gasteiger partial charge is 0.381 e. The van der Waals surface area contributed by atoms with E-state index in [0.29, 0.717) is 30.3 Å². The summed E-state index contributed by atoms with van der Waals surface area (Å²) in [4.78, 5) is 25.2. The number of nitrogens with zero attached hydrogens (tertiary/aromatic N) is 3. The van der Waals surface area contributed by atoms with Crippen molar-refractivity contribution in [1.82, 2.24) is 14.8 Å². The predicted octanol–water partition coefficient (Wildman–Crippen LogP) is 3.65. The maximum Gasteiger partial charge on any atom is 0.298 e. The number of anilines is 1. The molecule has 0 aliphatic rings. The van der Waals surface area contributed by atoms with Crippen molar-refractivity contribution >= 4 is 28.2 Å². The third-order valence-corrected chi connectivity index (χ3v) is 5.42. The molecule has 7 nitrogen and oxygen atoms in total. The van der Waals surface area contributed by atoms with Crippen molar-refractivity contribution in [3.05, 3.63) is 57.9 Å². The molecule has 152 valence electrons. The van der Waals surface area contributed by atoms with Crippen LogP contribution in [0.25, 0.3) is 5.69 Å². The molecule has 8 heteroatoms. The molecule has 0 aliphatic carbocycles. The third kappa shape index (κ3) is 4.78. The molecular formula is C21H24N4O3S. The first kappa shape index (κ1) is 20.9. The summed E-state index contributed by atoms with van der Waals surface area (Å²) in [5.41, 5.74) is 4.09. The highest BCUT2D eigenvalue weighted by Gasteiger charge is 2.23. The Morgan fingerprint density at radius 2 is 1.86 bits per heavy atom. The van der Waals surface area contributed by atoms with Gasteiger partial charge in [0.1, 0.15) is 5.01 Å². The van der Waals surface area contributed by atoms with E-state index < -0.39 is 11.7 Å². The van der Waals surface area contributed by atoms with Crippen molar-refractivity contribution in [3.63, 3.8) is 0 Å². The molecular weight excluding hydrogens is 388 g/mol. The highest BCUT2D eigenvalue weighted by atomic mass is 32.1. The van der Waals surface area contributed by atoms with Gasteiger partial charge in [-0.1, -0.05) is 29.0 Å². The van der Waals surface area contributed by atoms with Crippen molar-refractivity contribution in [2.24, 2.45) is 0 Å². The lowest BCUT2D eigenvalue weighted by atomic mass is 10.1. The van der Waals surface area contributed by atoms with Gasteiger partial charge < -0.3 is 9.30 Å². The normalized spacial score (nSPS) is 10.9. The minimum atomic E-state index is -0.721. The number of rotatable bonds is 8. The third-order valence-electron chi connectivity index (χ3n) is 4.53. The molecule has 0 unspecified atom stereocenters. The zero-order valence-corrected chi connectivity index (χ0v) is 17.8. The Morgan fingerprint density at radius 1 is 1.14 bits per heavy atom. The minimum absolute atomic E-state index is 0.308. The summed E-state index contributed by atoms with van der Waals surface area (Å²) in [5.74, 6) is -1.32. The molecule has 2 aromatic heterocycles. The summed E-state index contributed by atoms with van der Waals surface area (Å²) in [6.07, 6.45) is 0.618. The summed E-state index contributed by atoms with van der Waals surface area (Å²) in [5, 5.41) is 11.6.